The molecule has 3 aromatic rings. The Balaban J connectivity index is 1.85. The minimum Gasteiger partial charge on any atom is -0.495 e. The number of alkyl halides is 3. The highest BCUT2D eigenvalue weighted by atomic mass is 35.5. The summed E-state index contributed by atoms with van der Waals surface area (Å²) in [5, 5.41) is 2.51. The molecule has 0 radical (unpaired) electrons. The Morgan fingerprint density at radius 3 is 2.24 bits per heavy atom. The van der Waals surface area contributed by atoms with Crippen molar-refractivity contribution in [1.82, 2.24) is 4.31 Å². The standard InChI is InChI=1S/C23H20ClF3N2O4S/c1-33-21-12-11-19(13-20(21)24)34(31,32)29(14-16-5-3-2-4-6-16)15-22(30)28-18-9-7-17(8-10-18)23(25,26)27/h2-13H,14-15H2,1H3,(H,28,30). The Kier molecular flexibility index (Phi) is 7.86. The van der Waals surface area contributed by atoms with E-state index in [0.717, 1.165) is 28.6 Å². The number of benzene rings is 3. The van der Waals surface area contributed by atoms with Crippen molar-refractivity contribution in [2.45, 2.75) is 17.6 Å². The number of halogens is 4. The predicted octanol–water partition coefficient (Wildman–Crippen LogP) is 5.20. The Bertz CT molecular complexity index is 1250. The minimum absolute atomic E-state index is 0.0810. The molecule has 0 spiro atoms. The molecule has 0 fully saturated rings. The number of hydrogen-bond acceptors (Lipinski definition) is 4. The monoisotopic (exact) mass is 512 g/mol. The number of nitrogens with one attached hydrogen (secondary N) is 1. The molecule has 0 aliphatic heterocycles. The molecular weight excluding hydrogens is 493 g/mol. The fourth-order valence-electron chi connectivity index (χ4n) is 3.07. The van der Waals surface area contributed by atoms with E-state index in [9.17, 15) is 26.4 Å². The smallest absolute Gasteiger partial charge is 0.416 e. The van der Waals surface area contributed by atoms with E-state index in [1.54, 1.807) is 30.3 Å². The third kappa shape index (κ3) is 6.28. The van der Waals surface area contributed by atoms with Crippen LogP contribution in [0.15, 0.2) is 77.7 Å². The fourth-order valence-corrected chi connectivity index (χ4v) is 4.81. The summed E-state index contributed by atoms with van der Waals surface area (Å²) in [6.45, 7) is -0.699. The second-order valence-electron chi connectivity index (χ2n) is 7.18. The topological polar surface area (TPSA) is 75.7 Å². The molecule has 0 heterocycles. The number of carbonyl (C=O) groups excluding carboxylic acids is 1. The zero-order valence-electron chi connectivity index (χ0n) is 17.8. The van der Waals surface area contributed by atoms with Gasteiger partial charge in [-0.15, -0.1) is 0 Å². The number of nitrogens with zero attached hydrogens (tertiary/aromatic N) is 1. The number of anilines is 1. The van der Waals surface area contributed by atoms with Crippen LogP contribution in [0.25, 0.3) is 0 Å². The summed E-state index contributed by atoms with van der Waals surface area (Å²) < 4.78 is 71.0. The van der Waals surface area contributed by atoms with Gasteiger partial charge in [-0.2, -0.15) is 17.5 Å². The number of rotatable bonds is 8. The first kappa shape index (κ1) is 25.5. The zero-order chi connectivity index (χ0) is 24.9. The van der Waals surface area contributed by atoms with Crippen LogP contribution < -0.4 is 10.1 Å². The van der Waals surface area contributed by atoms with Gasteiger partial charge in [0.15, 0.2) is 0 Å². The SMILES string of the molecule is COc1ccc(S(=O)(=O)N(CC(=O)Nc2ccc(C(F)(F)F)cc2)Cc2ccccc2)cc1Cl. The Morgan fingerprint density at radius 2 is 1.68 bits per heavy atom. The molecule has 0 aliphatic carbocycles. The molecule has 180 valence electrons. The van der Waals surface area contributed by atoms with Crippen LogP contribution in [0.1, 0.15) is 11.1 Å². The van der Waals surface area contributed by atoms with Crippen LogP contribution in [0, 0.1) is 0 Å². The number of methoxy groups -OCH3 is 1. The van der Waals surface area contributed by atoms with Crippen LogP contribution in [-0.4, -0.2) is 32.3 Å². The van der Waals surface area contributed by atoms with Crippen molar-refractivity contribution < 1.29 is 31.1 Å². The van der Waals surface area contributed by atoms with Gasteiger partial charge in [0, 0.05) is 12.2 Å². The summed E-state index contributed by atoms with van der Waals surface area (Å²) in [6.07, 6.45) is -4.51. The number of hydrogen-bond donors (Lipinski definition) is 1. The molecule has 0 aliphatic rings. The van der Waals surface area contributed by atoms with E-state index in [1.165, 1.54) is 25.3 Å². The quantitative estimate of drug-likeness (QED) is 0.450. The second-order valence-corrected chi connectivity index (χ2v) is 9.52. The van der Waals surface area contributed by atoms with Gasteiger partial charge >= 0.3 is 6.18 Å². The lowest BCUT2D eigenvalue weighted by Gasteiger charge is -2.22. The predicted molar refractivity (Wildman–Crippen MR) is 122 cm³/mol. The van der Waals surface area contributed by atoms with Gasteiger partial charge in [0.05, 0.1) is 29.1 Å². The van der Waals surface area contributed by atoms with Gasteiger partial charge in [-0.1, -0.05) is 41.9 Å². The van der Waals surface area contributed by atoms with Crippen LogP contribution >= 0.6 is 11.6 Å². The molecule has 34 heavy (non-hydrogen) atoms. The minimum atomic E-state index is -4.51. The van der Waals surface area contributed by atoms with Gasteiger partial charge in [0.2, 0.25) is 15.9 Å². The third-order valence-electron chi connectivity index (χ3n) is 4.78. The third-order valence-corrected chi connectivity index (χ3v) is 6.86. The van der Waals surface area contributed by atoms with Crippen molar-refractivity contribution in [2.75, 3.05) is 19.0 Å². The maximum absolute atomic E-state index is 13.4. The molecule has 1 amide bonds. The highest BCUT2D eigenvalue weighted by molar-refractivity contribution is 7.89. The summed E-state index contributed by atoms with van der Waals surface area (Å²) in [5.41, 5.74) is -0.134. The molecule has 1 N–H and O–H groups in total. The molecule has 0 bridgehead atoms. The lowest BCUT2D eigenvalue weighted by Crippen LogP contribution is -2.37. The number of sulfonamides is 1. The molecule has 0 aromatic heterocycles. The molecular formula is C23H20ClF3N2O4S. The molecule has 0 atom stereocenters. The highest BCUT2D eigenvalue weighted by Crippen LogP contribution is 2.30. The fraction of sp³-hybridized carbons (Fsp3) is 0.174. The molecule has 0 saturated heterocycles. The van der Waals surface area contributed by atoms with E-state index in [0.29, 0.717) is 5.56 Å². The molecule has 3 rings (SSSR count). The lowest BCUT2D eigenvalue weighted by atomic mass is 10.2. The Labute approximate surface area is 200 Å². The molecule has 11 heteroatoms. The van der Waals surface area contributed by atoms with Crippen molar-refractivity contribution in [3.05, 3.63) is 88.9 Å². The summed E-state index contributed by atoms with van der Waals surface area (Å²) in [5.74, 6) is -0.436. The van der Waals surface area contributed by atoms with Gasteiger partial charge in [-0.25, -0.2) is 8.42 Å². The van der Waals surface area contributed by atoms with Crippen LogP contribution in [-0.2, 0) is 27.5 Å². The van der Waals surface area contributed by atoms with E-state index in [1.807, 2.05) is 0 Å². The van der Waals surface area contributed by atoms with Crippen LogP contribution in [0.2, 0.25) is 5.02 Å². The van der Waals surface area contributed by atoms with Crippen molar-refractivity contribution in [3.8, 4) is 5.75 Å². The Morgan fingerprint density at radius 1 is 1.03 bits per heavy atom. The van der Waals surface area contributed by atoms with E-state index >= 15 is 0 Å². The lowest BCUT2D eigenvalue weighted by molar-refractivity contribution is -0.137. The Hall–Kier alpha value is -3.08. The molecule has 0 saturated carbocycles. The van der Waals surface area contributed by atoms with Crippen molar-refractivity contribution in [3.63, 3.8) is 0 Å². The van der Waals surface area contributed by atoms with E-state index in [4.69, 9.17) is 16.3 Å². The average Bonchev–Trinajstić information content (AvgIpc) is 2.79. The second kappa shape index (κ2) is 10.5. The number of carbonyl (C=O) groups is 1. The van der Waals surface area contributed by atoms with Crippen molar-refractivity contribution in [2.24, 2.45) is 0 Å². The largest absolute Gasteiger partial charge is 0.495 e. The van der Waals surface area contributed by atoms with E-state index in [-0.39, 0.29) is 27.9 Å². The summed E-state index contributed by atoms with van der Waals surface area (Å²) >= 11 is 6.09. The number of amides is 1. The van der Waals surface area contributed by atoms with Crippen molar-refractivity contribution in [1.29, 1.82) is 0 Å². The van der Waals surface area contributed by atoms with Gasteiger partial charge in [0.1, 0.15) is 5.75 Å². The molecule has 6 nitrogen and oxygen atoms in total. The summed E-state index contributed by atoms with van der Waals surface area (Å²) in [4.78, 5) is 12.5. The maximum Gasteiger partial charge on any atom is 0.416 e. The highest BCUT2D eigenvalue weighted by Gasteiger charge is 2.30. The first-order valence-corrected chi connectivity index (χ1v) is 11.7. The van der Waals surface area contributed by atoms with Crippen LogP contribution in [0.4, 0.5) is 18.9 Å². The molecule has 0 unspecified atom stereocenters. The van der Waals surface area contributed by atoms with Gasteiger partial charge in [-0.05, 0) is 48.0 Å². The van der Waals surface area contributed by atoms with E-state index < -0.39 is 34.2 Å². The van der Waals surface area contributed by atoms with Crippen molar-refractivity contribution >= 4 is 33.2 Å². The summed E-state index contributed by atoms with van der Waals surface area (Å²) in [6, 6.07) is 16.4. The van der Waals surface area contributed by atoms with Crippen LogP contribution in [0.5, 0.6) is 5.75 Å². The maximum atomic E-state index is 13.4. The normalized spacial score (nSPS) is 11.9. The van der Waals surface area contributed by atoms with E-state index in [2.05, 4.69) is 5.32 Å². The first-order valence-electron chi connectivity index (χ1n) is 9.85. The summed E-state index contributed by atoms with van der Waals surface area (Å²) in [7, 11) is -2.78. The van der Waals surface area contributed by atoms with Crippen LogP contribution in [0.3, 0.4) is 0 Å². The average molecular weight is 513 g/mol. The van der Waals surface area contributed by atoms with Gasteiger partial charge < -0.3 is 10.1 Å². The molecule has 3 aromatic carbocycles. The zero-order valence-corrected chi connectivity index (χ0v) is 19.4. The van der Waals surface area contributed by atoms with Gasteiger partial charge in [-0.3, -0.25) is 4.79 Å². The first-order chi connectivity index (χ1) is 16.0. The number of ether oxygens (including phenoxy) is 1. The van der Waals surface area contributed by atoms with Gasteiger partial charge in [0.25, 0.3) is 0 Å².